The molecule has 0 aliphatic heterocycles. The average Bonchev–Trinajstić information content (AvgIpc) is 3.33. The van der Waals surface area contributed by atoms with Gasteiger partial charge in [0.15, 0.2) is 0 Å². The van der Waals surface area contributed by atoms with Crippen LogP contribution < -0.4 is 0 Å². The number of nitrogens with zero attached hydrogens (tertiary/aromatic N) is 3. The van der Waals surface area contributed by atoms with Crippen molar-refractivity contribution in [1.29, 1.82) is 0 Å². The number of hydrogen-bond acceptors (Lipinski definition) is 4. The minimum absolute atomic E-state index is 0.0772. The number of aliphatic hydroxyl groups excluding tert-OH is 2. The van der Waals surface area contributed by atoms with E-state index in [1.807, 2.05) is 18.2 Å². The normalized spacial score (nSPS) is 36.3. The molecule has 1 aromatic carbocycles. The molecule has 0 amide bonds. The van der Waals surface area contributed by atoms with Gasteiger partial charge in [-0.15, -0.1) is 0 Å². The molecule has 2 N–H and O–H groups in total. The quantitative estimate of drug-likeness (QED) is 0.579. The minimum atomic E-state index is -0.0772. The van der Waals surface area contributed by atoms with E-state index in [9.17, 15) is 10.2 Å². The highest BCUT2D eigenvalue weighted by Gasteiger charge is 2.56. The summed E-state index contributed by atoms with van der Waals surface area (Å²) >= 11 is 0. The molecular weight excluding hydrogens is 410 g/mol. The van der Waals surface area contributed by atoms with E-state index in [0.717, 1.165) is 61.0 Å². The molecule has 2 fully saturated rings. The molecule has 174 valence electrons. The monoisotopic (exact) mass is 445 g/mol. The zero-order chi connectivity index (χ0) is 23.0. The first kappa shape index (κ1) is 21.3. The van der Waals surface area contributed by atoms with Crippen molar-refractivity contribution in [2.24, 2.45) is 34.5 Å². The Morgan fingerprint density at radius 2 is 1.91 bits per heavy atom. The zero-order valence-corrected chi connectivity index (χ0v) is 19.8. The predicted octanol–water partition coefficient (Wildman–Crippen LogP) is 4.59. The second kappa shape index (κ2) is 7.38. The summed E-state index contributed by atoms with van der Waals surface area (Å²) in [5.41, 5.74) is 5.84. The van der Waals surface area contributed by atoms with Gasteiger partial charge in [0.25, 0.3) is 0 Å². The molecule has 6 rings (SSSR count). The van der Waals surface area contributed by atoms with Crippen LogP contribution in [-0.2, 0) is 12.8 Å². The second-order valence-electron chi connectivity index (χ2n) is 11.4. The zero-order valence-electron chi connectivity index (χ0n) is 19.8. The Labute approximate surface area is 195 Å². The number of para-hydroxylation sites is 2. The van der Waals surface area contributed by atoms with E-state index in [4.69, 9.17) is 9.97 Å². The summed E-state index contributed by atoms with van der Waals surface area (Å²) in [5.74, 6) is 2.00. The third-order valence-electron chi connectivity index (χ3n) is 10.1. The Kier molecular flexibility index (Phi) is 4.76. The maximum Gasteiger partial charge on any atom is 0.235 e. The van der Waals surface area contributed by atoms with Crippen molar-refractivity contribution in [2.75, 3.05) is 13.2 Å². The van der Waals surface area contributed by atoms with Crippen LogP contribution in [0.25, 0.3) is 16.8 Å². The Morgan fingerprint density at radius 3 is 2.70 bits per heavy atom. The van der Waals surface area contributed by atoms with Gasteiger partial charge in [-0.25, -0.2) is 9.97 Å². The molecule has 2 heterocycles. The highest BCUT2D eigenvalue weighted by Crippen LogP contribution is 2.62. The van der Waals surface area contributed by atoms with E-state index in [0.29, 0.717) is 11.8 Å². The summed E-state index contributed by atoms with van der Waals surface area (Å²) in [6, 6.07) is 8.18. The van der Waals surface area contributed by atoms with E-state index >= 15 is 0 Å². The summed E-state index contributed by atoms with van der Waals surface area (Å²) in [5, 5.41) is 21.1. The lowest BCUT2D eigenvalue weighted by molar-refractivity contribution is -0.0739. The number of imidazole rings is 1. The third-order valence-corrected chi connectivity index (χ3v) is 10.1. The van der Waals surface area contributed by atoms with Crippen molar-refractivity contribution in [3.63, 3.8) is 0 Å². The molecule has 0 saturated heterocycles. The number of rotatable bonds is 3. The lowest BCUT2D eigenvalue weighted by Crippen LogP contribution is -2.52. The van der Waals surface area contributed by atoms with Crippen LogP contribution in [0.2, 0.25) is 0 Å². The van der Waals surface area contributed by atoms with Crippen LogP contribution in [-0.4, -0.2) is 37.8 Å². The van der Waals surface area contributed by atoms with Crippen molar-refractivity contribution in [3.8, 4) is 0 Å². The minimum Gasteiger partial charge on any atom is -0.396 e. The van der Waals surface area contributed by atoms with Gasteiger partial charge in [-0.1, -0.05) is 38.1 Å². The molecule has 2 aromatic heterocycles. The van der Waals surface area contributed by atoms with Gasteiger partial charge >= 0.3 is 0 Å². The SMILES string of the molecule is C=C1CC[C@H]2[C@H](CO)[C@@H]([C@@]3(C)Cc4cn5c(nc4C[C@@H]3CO)nc3ccccc35)CC[C@]12C. The molecule has 3 aliphatic rings. The van der Waals surface area contributed by atoms with E-state index in [2.05, 4.69) is 37.1 Å². The number of benzene rings is 1. The Hall–Kier alpha value is -2.24. The highest BCUT2D eigenvalue weighted by molar-refractivity contribution is 5.79. The summed E-state index contributed by atoms with van der Waals surface area (Å²) in [7, 11) is 0. The van der Waals surface area contributed by atoms with Crippen molar-refractivity contribution in [1.82, 2.24) is 14.4 Å². The number of fused-ring (bicyclic) bond motifs is 5. The van der Waals surface area contributed by atoms with Crippen molar-refractivity contribution >= 4 is 16.8 Å². The molecule has 5 heteroatoms. The van der Waals surface area contributed by atoms with Gasteiger partial charge in [-0.2, -0.15) is 0 Å². The van der Waals surface area contributed by atoms with Gasteiger partial charge in [-0.3, -0.25) is 4.40 Å². The summed E-state index contributed by atoms with van der Waals surface area (Å²) in [4.78, 5) is 9.68. The topological polar surface area (TPSA) is 70.7 Å². The molecule has 0 spiro atoms. The molecular formula is C28H35N3O2. The first-order chi connectivity index (χ1) is 15.9. The van der Waals surface area contributed by atoms with Crippen LogP contribution in [0.5, 0.6) is 0 Å². The Bertz CT molecular complexity index is 1250. The molecule has 5 nitrogen and oxygen atoms in total. The van der Waals surface area contributed by atoms with E-state index in [1.54, 1.807) is 0 Å². The average molecular weight is 446 g/mol. The van der Waals surface area contributed by atoms with Crippen LogP contribution in [0, 0.1) is 34.5 Å². The van der Waals surface area contributed by atoms with E-state index < -0.39 is 0 Å². The molecule has 0 unspecified atom stereocenters. The maximum absolute atomic E-state index is 10.6. The lowest BCUT2D eigenvalue weighted by atomic mass is 9.49. The molecule has 3 aromatic rings. The largest absolute Gasteiger partial charge is 0.396 e. The summed E-state index contributed by atoms with van der Waals surface area (Å²) in [6.45, 7) is 9.53. The van der Waals surface area contributed by atoms with Crippen LogP contribution in [0.4, 0.5) is 0 Å². The number of aromatic nitrogens is 3. The third kappa shape index (κ3) is 2.91. The predicted molar refractivity (Wildman–Crippen MR) is 130 cm³/mol. The fourth-order valence-corrected chi connectivity index (χ4v) is 7.98. The van der Waals surface area contributed by atoms with Gasteiger partial charge in [0, 0.05) is 25.1 Å². The summed E-state index contributed by atoms with van der Waals surface area (Å²) < 4.78 is 2.12. The second-order valence-corrected chi connectivity index (χ2v) is 11.4. The lowest BCUT2D eigenvalue weighted by Gasteiger charge is -2.55. The smallest absolute Gasteiger partial charge is 0.235 e. The van der Waals surface area contributed by atoms with Gasteiger partial charge < -0.3 is 10.2 Å². The standard InChI is InChI=1S/C28H35N3O2/c1-17-8-9-21-20(16-33)22(10-11-27(17,21)2)28(3)13-18-14-31-25-7-5-4-6-23(25)29-26(31)30-24(18)12-19(28)15-32/h4-7,14,19-22,32-33H,1,8-13,15-16H2,2-3H3/t19-,20+,21+,22+,27-,28+/m1/s1. The molecule has 0 radical (unpaired) electrons. The Balaban J connectivity index is 1.42. The van der Waals surface area contributed by atoms with Gasteiger partial charge in [0.1, 0.15) is 0 Å². The molecule has 33 heavy (non-hydrogen) atoms. The maximum atomic E-state index is 10.6. The highest BCUT2D eigenvalue weighted by atomic mass is 16.3. The fourth-order valence-electron chi connectivity index (χ4n) is 7.98. The molecule has 0 bridgehead atoms. The molecule has 2 saturated carbocycles. The number of allylic oxidation sites excluding steroid dienone is 1. The van der Waals surface area contributed by atoms with Crippen LogP contribution in [0.3, 0.4) is 0 Å². The molecule has 6 atom stereocenters. The van der Waals surface area contributed by atoms with Crippen LogP contribution in [0.15, 0.2) is 42.6 Å². The van der Waals surface area contributed by atoms with Crippen molar-refractivity contribution < 1.29 is 10.2 Å². The van der Waals surface area contributed by atoms with Gasteiger partial charge in [0.05, 0.1) is 11.0 Å². The number of aliphatic hydroxyl groups is 2. The van der Waals surface area contributed by atoms with Gasteiger partial charge in [-0.05, 0) is 90.7 Å². The van der Waals surface area contributed by atoms with Gasteiger partial charge in [0.2, 0.25) is 5.78 Å². The van der Waals surface area contributed by atoms with E-state index in [-0.39, 0.29) is 35.9 Å². The molecule has 3 aliphatic carbocycles. The summed E-state index contributed by atoms with van der Waals surface area (Å²) in [6.07, 6.45) is 8.34. The first-order valence-electron chi connectivity index (χ1n) is 12.5. The Morgan fingerprint density at radius 1 is 1.09 bits per heavy atom. The number of hydrogen-bond donors (Lipinski definition) is 2. The van der Waals surface area contributed by atoms with Crippen molar-refractivity contribution in [3.05, 3.63) is 53.9 Å². The fraction of sp³-hybridized carbons (Fsp3) is 0.571. The van der Waals surface area contributed by atoms with E-state index in [1.165, 1.54) is 11.1 Å². The first-order valence-corrected chi connectivity index (χ1v) is 12.5. The van der Waals surface area contributed by atoms with Crippen molar-refractivity contribution in [2.45, 2.75) is 52.4 Å². The van der Waals surface area contributed by atoms with Crippen LogP contribution in [0.1, 0.15) is 50.8 Å². The van der Waals surface area contributed by atoms with Crippen LogP contribution >= 0.6 is 0 Å².